The van der Waals surface area contributed by atoms with E-state index in [1.165, 1.54) is 0 Å². The Balaban J connectivity index is 1.68. The van der Waals surface area contributed by atoms with Gasteiger partial charge in [0, 0.05) is 18.5 Å². The van der Waals surface area contributed by atoms with Crippen LogP contribution in [0.3, 0.4) is 0 Å². The van der Waals surface area contributed by atoms with E-state index in [1.54, 1.807) is 6.07 Å². The number of anilines is 1. The molecule has 10 heteroatoms. The van der Waals surface area contributed by atoms with E-state index in [-0.39, 0.29) is 38.5 Å². The van der Waals surface area contributed by atoms with Crippen molar-refractivity contribution in [1.29, 1.82) is 0 Å². The van der Waals surface area contributed by atoms with Crippen LogP contribution in [0.15, 0.2) is 10.5 Å². The van der Waals surface area contributed by atoms with Crippen molar-refractivity contribution >= 4 is 61.9 Å². The number of carbonyl (C=O) groups is 1. The Morgan fingerprint density at radius 3 is 2.45 bits per heavy atom. The molecule has 2 atom stereocenters. The molecule has 2 aliphatic heterocycles. The molecule has 2 bridgehead atoms. The largest absolute Gasteiger partial charge is 0.444 e. The van der Waals surface area contributed by atoms with Crippen molar-refractivity contribution in [2.75, 3.05) is 18.0 Å². The standard InChI is InChI=1S/C19H20BrCl2FN4O2/c1-19(2,3)29-18(28)27-9-4-5-10(27)8-26(7-9)16-11-6-12(21)13(20)14(23)15(11)24-17(22)25-16/h6,9-10H,4-5,7-8H2,1-3H3/t9-,10+. The average molecular weight is 506 g/mol. The van der Waals surface area contributed by atoms with Crippen LogP contribution in [0.25, 0.3) is 10.9 Å². The fraction of sp³-hybridized carbons (Fsp3) is 0.526. The van der Waals surface area contributed by atoms with Gasteiger partial charge in [0.25, 0.3) is 0 Å². The lowest BCUT2D eigenvalue weighted by Gasteiger charge is -2.42. The van der Waals surface area contributed by atoms with E-state index in [0.29, 0.717) is 24.3 Å². The molecule has 3 heterocycles. The smallest absolute Gasteiger partial charge is 0.410 e. The molecule has 0 unspecified atom stereocenters. The highest BCUT2D eigenvalue weighted by molar-refractivity contribution is 9.10. The quantitative estimate of drug-likeness (QED) is 0.382. The van der Waals surface area contributed by atoms with Gasteiger partial charge in [-0.25, -0.2) is 14.2 Å². The second kappa shape index (κ2) is 7.39. The van der Waals surface area contributed by atoms with Gasteiger partial charge in [0.15, 0.2) is 5.82 Å². The molecule has 0 spiro atoms. The van der Waals surface area contributed by atoms with Crippen molar-refractivity contribution in [3.63, 3.8) is 0 Å². The lowest BCUT2D eigenvalue weighted by atomic mass is 10.1. The van der Waals surface area contributed by atoms with Crippen LogP contribution in [0.4, 0.5) is 15.0 Å². The van der Waals surface area contributed by atoms with Crippen LogP contribution in [0, 0.1) is 5.82 Å². The minimum Gasteiger partial charge on any atom is -0.444 e. The maximum Gasteiger partial charge on any atom is 0.410 e. The van der Waals surface area contributed by atoms with Crippen LogP contribution < -0.4 is 4.90 Å². The number of benzene rings is 1. The van der Waals surface area contributed by atoms with E-state index in [0.717, 1.165) is 12.8 Å². The number of aromatic nitrogens is 2. The van der Waals surface area contributed by atoms with Crippen LogP contribution in [0.1, 0.15) is 33.6 Å². The highest BCUT2D eigenvalue weighted by Crippen LogP contribution is 2.39. The Morgan fingerprint density at radius 2 is 1.86 bits per heavy atom. The van der Waals surface area contributed by atoms with Gasteiger partial charge >= 0.3 is 6.09 Å². The summed E-state index contributed by atoms with van der Waals surface area (Å²) in [5.41, 5.74) is -0.440. The van der Waals surface area contributed by atoms with Crippen LogP contribution in [-0.2, 0) is 4.74 Å². The number of ether oxygens (including phenoxy) is 1. The van der Waals surface area contributed by atoms with E-state index in [9.17, 15) is 9.18 Å². The lowest BCUT2D eigenvalue weighted by molar-refractivity contribution is 0.0123. The molecule has 2 aliphatic rings. The second-order valence-corrected chi connectivity index (χ2v) is 9.91. The van der Waals surface area contributed by atoms with E-state index in [1.807, 2.05) is 30.6 Å². The van der Waals surface area contributed by atoms with Gasteiger partial charge < -0.3 is 9.64 Å². The third-order valence-corrected chi connectivity index (χ3v) is 6.64. The monoisotopic (exact) mass is 504 g/mol. The van der Waals surface area contributed by atoms with Crippen molar-refractivity contribution in [2.45, 2.75) is 51.3 Å². The summed E-state index contributed by atoms with van der Waals surface area (Å²) in [6.07, 6.45) is 1.45. The third kappa shape index (κ3) is 3.86. The van der Waals surface area contributed by atoms with Gasteiger partial charge in [-0.05, 0) is 67.2 Å². The highest BCUT2D eigenvalue weighted by Gasteiger charge is 2.45. The van der Waals surface area contributed by atoms with Crippen LogP contribution in [-0.4, -0.2) is 51.7 Å². The van der Waals surface area contributed by atoms with Crippen LogP contribution in [0.2, 0.25) is 10.3 Å². The maximum absolute atomic E-state index is 14.7. The molecule has 2 fully saturated rings. The molecule has 1 aromatic heterocycles. The van der Waals surface area contributed by atoms with Crippen molar-refractivity contribution in [3.8, 4) is 0 Å². The van der Waals surface area contributed by atoms with Crippen molar-refractivity contribution < 1.29 is 13.9 Å². The minimum absolute atomic E-state index is 0.0110. The number of carbonyl (C=O) groups excluding carboxylic acids is 1. The second-order valence-electron chi connectivity index (χ2n) is 8.38. The Bertz CT molecular complexity index is 987. The molecular weight excluding hydrogens is 486 g/mol. The fourth-order valence-corrected chi connectivity index (χ4v) is 4.72. The van der Waals surface area contributed by atoms with Crippen molar-refractivity contribution in [1.82, 2.24) is 14.9 Å². The Morgan fingerprint density at radius 1 is 1.24 bits per heavy atom. The number of nitrogens with zero attached hydrogens (tertiary/aromatic N) is 4. The number of hydrogen-bond acceptors (Lipinski definition) is 5. The molecule has 156 valence electrons. The molecule has 29 heavy (non-hydrogen) atoms. The summed E-state index contributed by atoms with van der Waals surface area (Å²) in [4.78, 5) is 25.0. The highest BCUT2D eigenvalue weighted by atomic mass is 79.9. The summed E-state index contributed by atoms with van der Waals surface area (Å²) < 4.78 is 20.4. The van der Waals surface area contributed by atoms with E-state index in [4.69, 9.17) is 27.9 Å². The number of amides is 1. The number of rotatable bonds is 1. The summed E-state index contributed by atoms with van der Waals surface area (Å²) in [5.74, 6) is -0.0533. The number of hydrogen-bond donors (Lipinski definition) is 0. The predicted molar refractivity (Wildman–Crippen MR) is 114 cm³/mol. The molecule has 1 amide bonds. The summed E-state index contributed by atoms with van der Waals surface area (Å²) in [6, 6.07) is 1.61. The molecular formula is C19H20BrCl2FN4O2. The first kappa shape index (κ1) is 20.9. The van der Waals surface area contributed by atoms with Gasteiger partial charge in [-0.1, -0.05) is 11.6 Å². The fourth-order valence-electron chi connectivity index (χ4n) is 4.06. The normalized spacial score (nSPS) is 21.8. The van der Waals surface area contributed by atoms with E-state index < -0.39 is 11.4 Å². The lowest BCUT2D eigenvalue weighted by Crippen LogP contribution is -2.57. The predicted octanol–water partition coefficient (Wildman–Crippen LogP) is 5.43. The molecule has 0 N–H and O–H groups in total. The molecule has 0 aliphatic carbocycles. The van der Waals surface area contributed by atoms with Gasteiger partial charge in [-0.3, -0.25) is 4.90 Å². The summed E-state index contributed by atoms with van der Waals surface area (Å²) >= 11 is 15.4. The van der Waals surface area contributed by atoms with Crippen molar-refractivity contribution in [2.24, 2.45) is 0 Å². The molecule has 6 nitrogen and oxygen atoms in total. The zero-order valence-electron chi connectivity index (χ0n) is 16.2. The SMILES string of the molecule is CC(C)(C)OC(=O)N1[C@@H]2CC[C@H]1CN(c1nc(Cl)nc3c(F)c(Br)c(Cl)cc13)C2. The van der Waals surface area contributed by atoms with Gasteiger partial charge in [-0.2, -0.15) is 4.98 Å². The van der Waals surface area contributed by atoms with E-state index >= 15 is 0 Å². The number of piperazine rings is 1. The van der Waals surface area contributed by atoms with Crippen LogP contribution >= 0.6 is 39.1 Å². The van der Waals surface area contributed by atoms with Crippen molar-refractivity contribution in [3.05, 3.63) is 26.7 Å². The zero-order chi connectivity index (χ0) is 21.1. The van der Waals surface area contributed by atoms with Gasteiger partial charge in [0.05, 0.1) is 21.6 Å². The molecule has 2 aromatic rings. The zero-order valence-corrected chi connectivity index (χ0v) is 19.3. The number of halogens is 4. The average Bonchev–Trinajstić information content (AvgIpc) is 2.89. The molecule has 0 saturated carbocycles. The first-order chi connectivity index (χ1) is 13.5. The Labute approximate surface area is 186 Å². The first-order valence-electron chi connectivity index (χ1n) is 9.32. The molecule has 0 radical (unpaired) electrons. The molecule has 2 saturated heterocycles. The first-order valence-corrected chi connectivity index (χ1v) is 10.9. The summed E-state index contributed by atoms with van der Waals surface area (Å²) in [5, 5.41) is 0.685. The van der Waals surface area contributed by atoms with Gasteiger partial charge in [0.2, 0.25) is 5.28 Å². The Kier molecular flexibility index (Phi) is 5.32. The third-order valence-electron chi connectivity index (χ3n) is 5.17. The summed E-state index contributed by atoms with van der Waals surface area (Å²) in [6.45, 7) is 6.67. The van der Waals surface area contributed by atoms with Gasteiger partial charge in [0.1, 0.15) is 16.9 Å². The minimum atomic E-state index is -0.576. The van der Waals surface area contributed by atoms with Gasteiger partial charge in [-0.15, -0.1) is 0 Å². The topological polar surface area (TPSA) is 58.6 Å². The van der Waals surface area contributed by atoms with E-state index in [2.05, 4.69) is 25.9 Å². The summed E-state index contributed by atoms with van der Waals surface area (Å²) in [7, 11) is 0. The molecule has 1 aromatic carbocycles. The Hall–Kier alpha value is -1.38. The molecule has 4 rings (SSSR count). The number of fused-ring (bicyclic) bond motifs is 3. The maximum atomic E-state index is 14.7. The van der Waals surface area contributed by atoms with Crippen LogP contribution in [0.5, 0.6) is 0 Å².